The number of nitrogens with one attached hydrogen (secondary N) is 1. The number of anilines is 1. The lowest BCUT2D eigenvalue weighted by molar-refractivity contribution is 0.102. The van der Waals surface area contributed by atoms with Gasteiger partial charge in [0, 0.05) is 23.8 Å². The Morgan fingerprint density at radius 2 is 2.24 bits per heavy atom. The first-order chi connectivity index (χ1) is 8.06. The number of nitrogens with zero attached hydrogens (tertiary/aromatic N) is 2. The van der Waals surface area contributed by atoms with Crippen LogP contribution in [0.2, 0.25) is 0 Å². The van der Waals surface area contributed by atoms with Gasteiger partial charge in [-0.05, 0) is 18.2 Å². The Labute approximate surface area is 106 Å². The van der Waals surface area contributed by atoms with Gasteiger partial charge in [0.2, 0.25) is 0 Å². The molecule has 17 heavy (non-hydrogen) atoms. The van der Waals surface area contributed by atoms with E-state index >= 15 is 0 Å². The van der Waals surface area contributed by atoms with Gasteiger partial charge in [-0.15, -0.1) is 0 Å². The third-order valence-corrected chi connectivity index (χ3v) is 2.65. The summed E-state index contributed by atoms with van der Waals surface area (Å²) in [4.78, 5) is 11.8. The molecule has 0 radical (unpaired) electrons. The average molecular weight is 296 g/mol. The zero-order valence-electron chi connectivity index (χ0n) is 9.01. The van der Waals surface area contributed by atoms with E-state index in [1.807, 2.05) is 0 Å². The first-order valence-corrected chi connectivity index (χ1v) is 5.65. The zero-order valence-corrected chi connectivity index (χ0v) is 10.6. The number of phenolic OH excluding ortho intramolecular Hbond substituents is 1. The number of hydrogen-bond donors (Lipinski definition) is 2. The molecule has 5 nitrogen and oxygen atoms in total. The third-order valence-electron chi connectivity index (χ3n) is 2.16. The standard InChI is InChI=1S/C11H10BrN3O2/c1-15-5-4-10(14-15)13-11(17)8-3-2-7(12)6-9(8)16/h2-6,16H,1H3,(H,13,14,17). The van der Waals surface area contributed by atoms with Crippen LogP contribution in [-0.4, -0.2) is 20.8 Å². The summed E-state index contributed by atoms with van der Waals surface area (Å²) in [5.74, 6) is -0.0266. The number of aromatic hydroxyl groups is 1. The SMILES string of the molecule is Cn1ccc(NC(=O)c2ccc(Br)cc2O)n1. The molecule has 6 heteroatoms. The summed E-state index contributed by atoms with van der Waals surface area (Å²) in [5.41, 5.74) is 0.207. The second-order valence-corrected chi connectivity index (χ2v) is 4.41. The molecule has 1 amide bonds. The zero-order chi connectivity index (χ0) is 12.4. The van der Waals surface area contributed by atoms with Crippen molar-refractivity contribution >= 4 is 27.7 Å². The van der Waals surface area contributed by atoms with E-state index in [-0.39, 0.29) is 11.3 Å². The number of carbonyl (C=O) groups excluding carboxylic acids is 1. The van der Waals surface area contributed by atoms with Gasteiger partial charge < -0.3 is 10.4 Å². The predicted molar refractivity (Wildman–Crippen MR) is 67.0 cm³/mol. The van der Waals surface area contributed by atoms with E-state index < -0.39 is 5.91 Å². The van der Waals surface area contributed by atoms with Crippen LogP contribution < -0.4 is 5.32 Å². The Bertz CT molecular complexity index is 566. The molecule has 1 aromatic carbocycles. The lowest BCUT2D eigenvalue weighted by Gasteiger charge is -2.04. The Morgan fingerprint density at radius 3 is 2.82 bits per heavy atom. The summed E-state index contributed by atoms with van der Waals surface area (Å²) in [6, 6.07) is 6.37. The lowest BCUT2D eigenvalue weighted by Crippen LogP contribution is -2.12. The molecule has 0 saturated carbocycles. The van der Waals surface area contributed by atoms with Crippen molar-refractivity contribution in [1.29, 1.82) is 0 Å². The summed E-state index contributed by atoms with van der Waals surface area (Å²) in [6.07, 6.45) is 1.72. The van der Waals surface area contributed by atoms with Crippen molar-refractivity contribution < 1.29 is 9.90 Å². The molecule has 0 aliphatic heterocycles. The van der Waals surface area contributed by atoms with E-state index in [0.29, 0.717) is 10.3 Å². The van der Waals surface area contributed by atoms with Crippen molar-refractivity contribution in [3.8, 4) is 5.75 Å². The van der Waals surface area contributed by atoms with Crippen LogP contribution in [0.25, 0.3) is 0 Å². The van der Waals surface area contributed by atoms with E-state index in [4.69, 9.17) is 0 Å². The smallest absolute Gasteiger partial charge is 0.260 e. The van der Waals surface area contributed by atoms with Gasteiger partial charge >= 0.3 is 0 Å². The minimum Gasteiger partial charge on any atom is -0.507 e. The highest BCUT2D eigenvalue weighted by Crippen LogP contribution is 2.22. The molecule has 0 fully saturated rings. The molecule has 0 bridgehead atoms. The normalized spacial score (nSPS) is 10.2. The van der Waals surface area contributed by atoms with Gasteiger partial charge in [-0.2, -0.15) is 5.10 Å². The molecule has 0 saturated heterocycles. The van der Waals surface area contributed by atoms with Gasteiger partial charge in [-0.1, -0.05) is 15.9 Å². The largest absolute Gasteiger partial charge is 0.507 e. The van der Waals surface area contributed by atoms with Gasteiger partial charge in [0.05, 0.1) is 5.56 Å². The second kappa shape index (κ2) is 4.58. The van der Waals surface area contributed by atoms with Crippen molar-refractivity contribution in [3.63, 3.8) is 0 Å². The number of hydrogen-bond acceptors (Lipinski definition) is 3. The summed E-state index contributed by atoms with van der Waals surface area (Å²) in [7, 11) is 1.76. The van der Waals surface area contributed by atoms with Crippen LogP contribution in [0.5, 0.6) is 5.75 Å². The van der Waals surface area contributed by atoms with E-state index in [2.05, 4.69) is 26.3 Å². The highest BCUT2D eigenvalue weighted by atomic mass is 79.9. The molecule has 0 spiro atoms. The fourth-order valence-corrected chi connectivity index (χ4v) is 1.71. The Hall–Kier alpha value is -1.82. The fraction of sp³-hybridized carbons (Fsp3) is 0.0909. The minimum atomic E-state index is -0.395. The van der Waals surface area contributed by atoms with Gasteiger partial charge in [0.15, 0.2) is 5.82 Å². The second-order valence-electron chi connectivity index (χ2n) is 3.49. The van der Waals surface area contributed by atoms with Crippen molar-refractivity contribution in [2.45, 2.75) is 0 Å². The molecule has 0 unspecified atom stereocenters. The number of benzene rings is 1. The number of aromatic nitrogens is 2. The molecule has 1 heterocycles. The highest BCUT2D eigenvalue weighted by molar-refractivity contribution is 9.10. The molecule has 1 aromatic heterocycles. The Balaban J connectivity index is 2.20. The Kier molecular flexibility index (Phi) is 3.14. The minimum absolute atomic E-state index is 0.0761. The topological polar surface area (TPSA) is 67.2 Å². The monoisotopic (exact) mass is 295 g/mol. The van der Waals surface area contributed by atoms with Crippen LogP contribution in [-0.2, 0) is 7.05 Å². The fourth-order valence-electron chi connectivity index (χ4n) is 1.36. The van der Waals surface area contributed by atoms with Gasteiger partial charge in [-0.25, -0.2) is 0 Å². The first-order valence-electron chi connectivity index (χ1n) is 4.86. The third kappa shape index (κ3) is 2.65. The molecule has 0 aliphatic carbocycles. The van der Waals surface area contributed by atoms with Crippen LogP contribution >= 0.6 is 15.9 Å². The predicted octanol–water partition coefficient (Wildman–Crippen LogP) is 2.14. The van der Waals surface area contributed by atoms with Crippen molar-refractivity contribution in [2.24, 2.45) is 7.05 Å². The van der Waals surface area contributed by atoms with Crippen LogP contribution in [0, 0.1) is 0 Å². The highest BCUT2D eigenvalue weighted by Gasteiger charge is 2.12. The number of amides is 1. The van der Waals surface area contributed by atoms with E-state index in [1.54, 1.807) is 30.1 Å². The van der Waals surface area contributed by atoms with Gasteiger partial charge in [-0.3, -0.25) is 9.48 Å². The molecule has 0 atom stereocenters. The summed E-state index contributed by atoms with van der Waals surface area (Å²) >= 11 is 3.21. The summed E-state index contributed by atoms with van der Waals surface area (Å²) in [5, 5.41) is 16.2. The van der Waals surface area contributed by atoms with Crippen LogP contribution in [0.3, 0.4) is 0 Å². The Morgan fingerprint density at radius 1 is 1.47 bits per heavy atom. The molecule has 2 N–H and O–H groups in total. The molecular formula is C11H10BrN3O2. The molecule has 88 valence electrons. The summed E-state index contributed by atoms with van der Waals surface area (Å²) < 4.78 is 2.29. The van der Waals surface area contributed by atoms with E-state index in [9.17, 15) is 9.90 Å². The van der Waals surface area contributed by atoms with Crippen LogP contribution in [0.4, 0.5) is 5.82 Å². The number of carbonyl (C=O) groups is 1. The van der Waals surface area contributed by atoms with Crippen LogP contribution in [0.1, 0.15) is 10.4 Å². The molecule has 2 rings (SSSR count). The maximum atomic E-state index is 11.8. The maximum Gasteiger partial charge on any atom is 0.260 e. The van der Waals surface area contributed by atoms with Crippen molar-refractivity contribution in [1.82, 2.24) is 9.78 Å². The van der Waals surface area contributed by atoms with E-state index in [1.165, 1.54) is 12.1 Å². The van der Waals surface area contributed by atoms with E-state index in [0.717, 1.165) is 0 Å². The number of halogens is 1. The molecule has 2 aromatic rings. The number of phenols is 1. The molecule has 0 aliphatic rings. The van der Waals surface area contributed by atoms with Crippen LogP contribution in [0.15, 0.2) is 34.9 Å². The quantitative estimate of drug-likeness (QED) is 0.892. The van der Waals surface area contributed by atoms with Crippen molar-refractivity contribution in [3.05, 3.63) is 40.5 Å². The van der Waals surface area contributed by atoms with Gasteiger partial charge in [0.25, 0.3) is 5.91 Å². The van der Waals surface area contributed by atoms with Crippen molar-refractivity contribution in [2.75, 3.05) is 5.32 Å². The molecular weight excluding hydrogens is 286 g/mol. The maximum absolute atomic E-state index is 11.8. The number of rotatable bonds is 2. The number of aryl methyl sites for hydroxylation is 1. The first kappa shape index (κ1) is 11.7. The summed E-state index contributed by atoms with van der Waals surface area (Å²) in [6.45, 7) is 0. The van der Waals surface area contributed by atoms with Gasteiger partial charge in [0.1, 0.15) is 5.75 Å². The average Bonchev–Trinajstić information content (AvgIpc) is 2.63. The lowest BCUT2D eigenvalue weighted by atomic mass is 10.2.